The van der Waals surface area contributed by atoms with Gasteiger partial charge in [-0.15, -0.1) is 5.10 Å². The van der Waals surface area contributed by atoms with E-state index in [1.165, 1.54) is 12.1 Å². The highest BCUT2D eigenvalue weighted by molar-refractivity contribution is 5.30. The van der Waals surface area contributed by atoms with Crippen LogP contribution < -0.4 is 5.32 Å². The Balaban J connectivity index is 1.49. The standard InChI is InChI=1S/C21H27F3N4O2/c1-14-10-20(29,15-5-7-16(8-6-15)21(22,23)24)11-18(25-14)19-13-28(27-26-19)12-17-4-2-3-9-30-17/h5-8,13-14,17-18,25,29H,2-4,9-12H2,1H3/t14-,17?,18-,20?/m0/s1. The first-order valence-corrected chi connectivity index (χ1v) is 10.4. The number of aromatic nitrogens is 3. The van der Waals surface area contributed by atoms with Gasteiger partial charge in [0.25, 0.3) is 0 Å². The van der Waals surface area contributed by atoms with Gasteiger partial charge >= 0.3 is 6.18 Å². The molecule has 2 aromatic rings. The largest absolute Gasteiger partial charge is 0.416 e. The van der Waals surface area contributed by atoms with Gasteiger partial charge in [-0.2, -0.15) is 13.2 Å². The van der Waals surface area contributed by atoms with E-state index < -0.39 is 17.3 Å². The van der Waals surface area contributed by atoms with Gasteiger partial charge in [-0.25, -0.2) is 4.68 Å². The Morgan fingerprint density at radius 3 is 2.67 bits per heavy atom. The molecule has 4 atom stereocenters. The summed E-state index contributed by atoms with van der Waals surface area (Å²) >= 11 is 0. The van der Waals surface area contributed by atoms with E-state index in [0.29, 0.717) is 30.6 Å². The molecule has 1 aromatic carbocycles. The van der Waals surface area contributed by atoms with Gasteiger partial charge in [0.05, 0.1) is 41.7 Å². The molecule has 30 heavy (non-hydrogen) atoms. The van der Waals surface area contributed by atoms with Gasteiger partial charge in [0.2, 0.25) is 0 Å². The fraction of sp³-hybridized carbons (Fsp3) is 0.619. The van der Waals surface area contributed by atoms with Crippen LogP contribution in [-0.2, 0) is 23.1 Å². The lowest BCUT2D eigenvalue weighted by molar-refractivity contribution is -0.137. The van der Waals surface area contributed by atoms with E-state index in [0.717, 1.165) is 38.0 Å². The van der Waals surface area contributed by atoms with Crippen molar-refractivity contribution in [3.05, 3.63) is 47.3 Å². The fourth-order valence-corrected chi connectivity index (χ4v) is 4.51. The van der Waals surface area contributed by atoms with Crippen LogP contribution in [-0.4, -0.2) is 38.9 Å². The van der Waals surface area contributed by atoms with E-state index in [1.807, 2.05) is 13.1 Å². The van der Waals surface area contributed by atoms with E-state index in [2.05, 4.69) is 15.6 Å². The minimum atomic E-state index is -4.40. The highest BCUT2D eigenvalue weighted by atomic mass is 19.4. The molecular formula is C21H27F3N4O2. The number of nitrogens with zero attached hydrogens (tertiary/aromatic N) is 3. The Hall–Kier alpha value is -1.97. The number of rotatable bonds is 4. The molecule has 2 saturated heterocycles. The molecular weight excluding hydrogens is 397 g/mol. The van der Waals surface area contributed by atoms with Crippen molar-refractivity contribution >= 4 is 0 Å². The molecule has 0 radical (unpaired) electrons. The number of piperidine rings is 1. The van der Waals surface area contributed by atoms with Crippen molar-refractivity contribution in [2.75, 3.05) is 6.61 Å². The SMILES string of the molecule is C[C@H]1CC(O)(c2ccc(C(F)(F)F)cc2)C[C@@H](c2cn(CC3CCCCO3)nn2)N1. The molecule has 164 valence electrons. The first-order chi connectivity index (χ1) is 14.2. The topological polar surface area (TPSA) is 72.2 Å². The lowest BCUT2D eigenvalue weighted by Gasteiger charge is -2.40. The number of nitrogens with one attached hydrogen (secondary N) is 1. The van der Waals surface area contributed by atoms with Crippen molar-refractivity contribution in [1.82, 2.24) is 20.3 Å². The van der Waals surface area contributed by atoms with Crippen LogP contribution in [0.25, 0.3) is 0 Å². The molecule has 2 N–H and O–H groups in total. The molecule has 0 spiro atoms. The molecule has 6 nitrogen and oxygen atoms in total. The van der Waals surface area contributed by atoms with Gasteiger partial charge in [0, 0.05) is 19.1 Å². The Labute approximate surface area is 173 Å². The first-order valence-electron chi connectivity index (χ1n) is 10.4. The van der Waals surface area contributed by atoms with Crippen LogP contribution in [0.4, 0.5) is 13.2 Å². The summed E-state index contributed by atoms with van der Waals surface area (Å²) in [7, 11) is 0. The second kappa shape index (κ2) is 8.28. The average molecular weight is 424 g/mol. The quantitative estimate of drug-likeness (QED) is 0.785. The molecule has 0 bridgehead atoms. The molecule has 3 heterocycles. The third-order valence-corrected chi connectivity index (χ3v) is 6.00. The van der Waals surface area contributed by atoms with Gasteiger partial charge in [-0.05, 0) is 50.3 Å². The Morgan fingerprint density at radius 2 is 2.00 bits per heavy atom. The maximum atomic E-state index is 12.9. The smallest absolute Gasteiger partial charge is 0.385 e. The lowest BCUT2D eigenvalue weighted by atomic mass is 9.78. The molecule has 4 rings (SSSR count). The minimum absolute atomic E-state index is 0.0390. The summed E-state index contributed by atoms with van der Waals surface area (Å²) in [6.45, 7) is 3.36. The number of aliphatic hydroxyl groups is 1. The molecule has 2 aliphatic heterocycles. The third kappa shape index (κ3) is 4.68. The van der Waals surface area contributed by atoms with Crippen LogP contribution in [0.1, 0.15) is 61.9 Å². The van der Waals surface area contributed by atoms with Crippen molar-refractivity contribution in [3.8, 4) is 0 Å². The molecule has 2 unspecified atom stereocenters. The monoisotopic (exact) mass is 424 g/mol. The summed E-state index contributed by atoms with van der Waals surface area (Å²) < 4.78 is 46.1. The number of hydrogen-bond donors (Lipinski definition) is 2. The Kier molecular flexibility index (Phi) is 5.87. The summed E-state index contributed by atoms with van der Waals surface area (Å²) in [4.78, 5) is 0. The van der Waals surface area contributed by atoms with Crippen LogP contribution in [0.5, 0.6) is 0 Å². The molecule has 0 amide bonds. The lowest BCUT2D eigenvalue weighted by Crippen LogP contribution is -2.47. The average Bonchev–Trinajstić information content (AvgIpc) is 3.16. The fourth-order valence-electron chi connectivity index (χ4n) is 4.51. The summed E-state index contributed by atoms with van der Waals surface area (Å²) in [6.07, 6.45) is 1.55. The zero-order valence-corrected chi connectivity index (χ0v) is 16.9. The van der Waals surface area contributed by atoms with Gasteiger partial charge in [-0.3, -0.25) is 0 Å². The van der Waals surface area contributed by atoms with Crippen molar-refractivity contribution in [2.45, 2.75) is 75.5 Å². The van der Waals surface area contributed by atoms with Gasteiger partial charge < -0.3 is 15.2 Å². The van der Waals surface area contributed by atoms with E-state index in [1.54, 1.807) is 4.68 Å². The highest BCUT2D eigenvalue weighted by Gasteiger charge is 2.41. The van der Waals surface area contributed by atoms with Crippen LogP contribution >= 0.6 is 0 Å². The predicted molar refractivity (Wildman–Crippen MR) is 104 cm³/mol. The van der Waals surface area contributed by atoms with E-state index >= 15 is 0 Å². The number of hydrogen-bond acceptors (Lipinski definition) is 5. The molecule has 2 fully saturated rings. The molecule has 9 heteroatoms. The second-order valence-corrected chi connectivity index (χ2v) is 8.49. The first kappa shape index (κ1) is 21.3. The highest BCUT2D eigenvalue weighted by Crippen LogP contribution is 2.40. The summed E-state index contributed by atoms with van der Waals surface area (Å²) in [5.41, 5.74) is -0.767. The molecule has 0 aliphatic carbocycles. The van der Waals surface area contributed by atoms with E-state index in [9.17, 15) is 18.3 Å². The summed E-state index contributed by atoms with van der Waals surface area (Å²) in [5, 5.41) is 23.2. The van der Waals surface area contributed by atoms with Crippen molar-refractivity contribution in [2.24, 2.45) is 0 Å². The predicted octanol–water partition coefficient (Wildman–Crippen LogP) is 3.57. The number of halogens is 3. The van der Waals surface area contributed by atoms with Gasteiger partial charge in [-0.1, -0.05) is 17.3 Å². The van der Waals surface area contributed by atoms with Gasteiger partial charge in [0.1, 0.15) is 0 Å². The molecule has 1 aromatic heterocycles. The van der Waals surface area contributed by atoms with Crippen LogP contribution in [0, 0.1) is 0 Å². The van der Waals surface area contributed by atoms with Gasteiger partial charge in [0.15, 0.2) is 0 Å². The minimum Gasteiger partial charge on any atom is -0.385 e. The zero-order chi connectivity index (χ0) is 21.4. The maximum Gasteiger partial charge on any atom is 0.416 e. The third-order valence-electron chi connectivity index (χ3n) is 6.00. The van der Waals surface area contributed by atoms with Crippen LogP contribution in [0.15, 0.2) is 30.5 Å². The Bertz CT molecular complexity index is 849. The van der Waals surface area contributed by atoms with E-state index in [4.69, 9.17) is 4.74 Å². The number of ether oxygens (including phenoxy) is 1. The second-order valence-electron chi connectivity index (χ2n) is 8.49. The van der Waals surface area contributed by atoms with Crippen molar-refractivity contribution < 1.29 is 23.0 Å². The number of alkyl halides is 3. The Morgan fingerprint density at radius 1 is 1.23 bits per heavy atom. The summed E-state index contributed by atoms with van der Waals surface area (Å²) in [5.74, 6) is 0. The normalized spacial score (nSPS) is 30.4. The van der Waals surface area contributed by atoms with E-state index in [-0.39, 0.29) is 18.2 Å². The molecule has 0 saturated carbocycles. The molecule has 2 aliphatic rings. The van der Waals surface area contributed by atoms with Crippen LogP contribution in [0.2, 0.25) is 0 Å². The van der Waals surface area contributed by atoms with Crippen molar-refractivity contribution in [1.29, 1.82) is 0 Å². The van der Waals surface area contributed by atoms with Crippen molar-refractivity contribution in [3.63, 3.8) is 0 Å². The zero-order valence-electron chi connectivity index (χ0n) is 16.9. The summed E-state index contributed by atoms with van der Waals surface area (Å²) in [6, 6.07) is 4.50. The number of benzene rings is 1. The van der Waals surface area contributed by atoms with Crippen LogP contribution in [0.3, 0.4) is 0 Å². The maximum absolute atomic E-state index is 12.9.